The molecule has 9 heteroatoms. The fraction of sp³-hybridized carbons (Fsp3) is 0.611. The minimum atomic E-state index is -4.46. The highest BCUT2D eigenvalue weighted by Crippen LogP contribution is 2.57. The molecule has 0 aromatic heterocycles. The maximum absolute atomic E-state index is 13.8. The number of rotatable bonds is 12. The van der Waals surface area contributed by atoms with Crippen LogP contribution in [-0.2, 0) is 19.7 Å². The Hall–Kier alpha value is -2.91. The highest BCUT2D eigenvalue weighted by atomic mass is 19.4. The second-order valence-electron chi connectivity index (χ2n) is 13.6. The number of unbranched alkanes of at least 4 members (excludes halogenated alkanes) is 1. The summed E-state index contributed by atoms with van der Waals surface area (Å²) in [6, 6.07) is 7.96. The fourth-order valence-corrected chi connectivity index (χ4v) is 7.74. The van der Waals surface area contributed by atoms with E-state index in [1.54, 1.807) is 0 Å². The van der Waals surface area contributed by atoms with Crippen molar-refractivity contribution < 1.29 is 27.5 Å². The summed E-state index contributed by atoms with van der Waals surface area (Å²) in [6.07, 6.45) is 12.5. The van der Waals surface area contributed by atoms with E-state index in [2.05, 4.69) is 34.6 Å². The minimum absolute atomic E-state index is 0.0174. The molecule has 0 spiro atoms. The summed E-state index contributed by atoms with van der Waals surface area (Å²) in [7, 11) is 0. The third kappa shape index (κ3) is 8.09. The van der Waals surface area contributed by atoms with Crippen molar-refractivity contribution in [1.29, 1.82) is 0 Å². The van der Waals surface area contributed by atoms with Gasteiger partial charge < -0.3 is 20.3 Å². The van der Waals surface area contributed by atoms with Gasteiger partial charge in [0.1, 0.15) is 6.54 Å². The van der Waals surface area contributed by atoms with Gasteiger partial charge in [-0.2, -0.15) is 13.2 Å². The van der Waals surface area contributed by atoms with Crippen LogP contribution in [0.5, 0.6) is 0 Å². The molecule has 0 radical (unpaired) electrons. The minimum Gasteiger partial charge on any atom is -0.370 e. The number of nitrogens with zero attached hydrogens (tertiary/aromatic N) is 1. The molecule has 45 heavy (non-hydrogen) atoms. The monoisotopic (exact) mass is 627 g/mol. The average molecular weight is 628 g/mol. The normalized spacial score (nSPS) is 28.3. The van der Waals surface area contributed by atoms with Gasteiger partial charge in [-0.1, -0.05) is 68.0 Å². The third-order valence-electron chi connectivity index (χ3n) is 10.1. The van der Waals surface area contributed by atoms with Crippen LogP contribution in [0.3, 0.4) is 0 Å². The summed E-state index contributed by atoms with van der Waals surface area (Å²) in [5.41, 5.74) is 1.67. The van der Waals surface area contributed by atoms with Crippen molar-refractivity contribution in [3.63, 3.8) is 0 Å². The Bertz CT molecular complexity index is 1300. The van der Waals surface area contributed by atoms with Gasteiger partial charge in [-0.15, -0.1) is 0 Å². The van der Waals surface area contributed by atoms with E-state index >= 15 is 0 Å². The van der Waals surface area contributed by atoms with Crippen LogP contribution in [0.15, 0.2) is 54.6 Å². The lowest BCUT2D eigenvalue weighted by Gasteiger charge is -2.39. The third-order valence-corrected chi connectivity index (χ3v) is 10.1. The molecule has 1 heterocycles. The van der Waals surface area contributed by atoms with Crippen molar-refractivity contribution in [3.8, 4) is 0 Å². The summed E-state index contributed by atoms with van der Waals surface area (Å²) in [6.45, 7) is 5.87. The van der Waals surface area contributed by atoms with Crippen LogP contribution in [0.25, 0.3) is 5.57 Å². The number of ether oxygens (including phenoxy) is 1. The number of likely N-dealkylation sites (tertiary alicyclic amines) is 1. The van der Waals surface area contributed by atoms with Crippen molar-refractivity contribution in [1.82, 2.24) is 15.5 Å². The molecule has 2 N–H and O–H groups in total. The number of carbonyl (C=O) groups excluding carboxylic acids is 2. The van der Waals surface area contributed by atoms with E-state index in [1.807, 2.05) is 49.4 Å². The zero-order valence-corrected chi connectivity index (χ0v) is 26.6. The van der Waals surface area contributed by atoms with Crippen LogP contribution in [0.4, 0.5) is 13.2 Å². The molecule has 1 saturated heterocycles. The molecular weight excluding hydrogens is 579 g/mol. The van der Waals surface area contributed by atoms with Crippen molar-refractivity contribution in [2.24, 2.45) is 11.8 Å². The number of carbonyl (C=O) groups is 2. The summed E-state index contributed by atoms with van der Waals surface area (Å²) in [4.78, 5) is 28.7. The fourth-order valence-electron chi connectivity index (χ4n) is 7.74. The second-order valence-corrected chi connectivity index (χ2v) is 13.6. The number of hydrogen-bond acceptors (Lipinski definition) is 4. The summed E-state index contributed by atoms with van der Waals surface area (Å²) < 4.78 is 45.6. The van der Waals surface area contributed by atoms with E-state index in [0.717, 1.165) is 81.3 Å². The molecule has 4 aliphatic rings. The van der Waals surface area contributed by atoms with Gasteiger partial charge in [-0.3, -0.25) is 9.59 Å². The SMILES string of the molecule is CC1CC=C2c3ccccc3C(CCCCN3CCC(NC(=O)CCOC4(C)C=CC=CC4)CC3)(C(=O)NCC(F)(F)F)C2C1. The smallest absolute Gasteiger partial charge is 0.370 e. The number of alkyl halides is 3. The van der Waals surface area contributed by atoms with Crippen LogP contribution < -0.4 is 10.6 Å². The first-order chi connectivity index (χ1) is 21.5. The Balaban J connectivity index is 1.12. The number of hydrogen-bond donors (Lipinski definition) is 2. The van der Waals surface area contributed by atoms with Gasteiger partial charge in [0.25, 0.3) is 0 Å². The zero-order valence-electron chi connectivity index (χ0n) is 26.6. The predicted molar refractivity (Wildman–Crippen MR) is 170 cm³/mol. The van der Waals surface area contributed by atoms with Gasteiger partial charge in [0.05, 0.1) is 24.0 Å². The van der Waals surface area contributed by atoms with Gasteiger partial charge >= 0.3 is 6.18 Å². The lowest BCUT2D eigenvalue weighted by atomic mass is 9.65. The van der Waals surface area contributed by atoms with Crippen LogP contribution in [0.1, 0.15) is 82.8 Å². The Kier molecular flexibility index (Phi) is 10.6. The number of amides is 2. The van der Waals surface area contributed by atoms with Gasteiger partial charge in [-0.25, -0.2) is 0 Å². The Morgan fingerprint density at radius 3 is 2.62 bits per heavy atom. The Morgan fingerprint density at radius 2 is 1.89 bits per heavy atom. The van der Waals surface area contributed by atoms with Gasteiger partial charge in [0, 0.05) is 25.0 Å². The lowest BCUT2D eigenvalue weighted by Crippen LogP contribution is -2.50. The second kappa shape index (κ2) is 14.2. The Morgan fingerprint density at radius 1 is 1.11 bits per heavy atom. The molecule has 1 aliphatic heterocycles. The standard InChI is InChI=1S/C36H48F3N3O3/c1-26-12-13-29-28-10-4-5-11-30(28)35(31(29)24-26,33(44)40-25-36(37,38)39)19-8-9-20-42-21-14-27(15-22-42)41-32(43)16-23-45-34(2)17-6-3-7-18-34/h3-7,10-11,13,17,26-27,31H,8-9,12,14-16,18-25H2,1-2H3,(H,40,44)(H,41,43). The Labute approximate surface area is 265 Å². The molecule has 1 aromatic carbocycles. The highest BCUT2D eigenvalue weighted by molar-refractivity contribution is 5.97. The first-order valence-corrected chi connectivity index (χ1v) is 16.6. The van der Waals surface area contributed by atoms with Crippen molar-refractivity contribution in [2.75, 3.05) is 32.8 Å². The van der Waals surface area contributed by atoms with Crippen LogP contribution in [-0.4, -0.2) is 67.3 Å². The van der Waals surface area contributed by atoms with E-state index in [0.29, 0.717) is 25.4 Å². The van der Waals surface area contributed by atoms with Gasteiger partial charge in [0.2, 0.25) is 11.8 Å². The molecule has 1 aromatic rings. The largest absolute Gasteiger partial charge is 0.405 e. The molecule has 0 saturated carbocycles. The molecule has 0 bridgehead atoms. The molecule has 5 rings (SSSR count). The maximum atomic E-state index is 13.8. The molecule has 246 valence electrons. The molecular formula is C36H48F3N3O3. The first-order valence-electron chi connectivity index (χ1n) is 16.6. The van der Waals surface area contributed by atoms with Crippen molar-refractivity contribution in [3.05, 3.63) is 65.8 Å². The summed E-state index contributed by atoms with van der Waals surface area (Å²) >= 11 is 0. The molecule has 2 amide bonds. The number of halogens is 3. The van der Waals surface area contributed by atoms with Crippen LogP contribution in [0.2, 0.25) is 0 Å². The van der Waals surface area contributed by atoms with Crippen LogP contribution in [0, 0.1) is 11.8 Å². The average Bonchev–Trinajstić information content (AvgIpc) is 3.28. The van der Waals surface area contributed by atoms with Gasteiger partial charge in [-0.05, 0) is 81.0 Å². The molecule has 4 unspecified atom stereocenters. The molecule has 1 fully saturated rings. The quantitative estimate of drug-likeness (QED) is 0.261. The van der Waals surface area contributed by atoms with Gasteiger partial charge in [0.15, 0.2) is 0 Å². The van der Waals surface area contributed by atoms with E-state index in [4.69, 9.17) is 4.74 Å². The lowest BCUT2D eigenvalue weighted by molar-refractivity contribution is -0.143. The van der Waals surface area contributed by atoms with E-state index < -0.39 is 24.0 Å². The summed E-state index contributed by atoms with van der Waals surface area (Å²) in [5.74, 6) is -0.232. The summed E-state index contributed by atoms with van der Waals surface area (Å²) in [5, 5.41) is 5.45. The van der Waals surface area contributed by atoms with E-state index in [-0.39, 0.29) is 23.5 Å². The topological polar surface area (TPSA) is 70.7 Å². The highest BCUT2D eigenvalue weighted by Gasteiger charge is 2.55. The number of piperidine rings is 1. The van der Waals surface area contributed by atoms with Crippen molar-refractivity contribution in [2.45, 2.75) is 94.9 Å². The number of nitrogens with one attached hydrogen (secondary N) is 2. The molecule has 4 atom stereocenters. The zero-order chi connectivity index (χ0) is 32.1. The molecule has 6 nitrogen and oxygen atoms in total. The number of fused-ring (bicyclic) bond motifs is 3. The molecule has 3 aliphatic carbocycles. The first kappa shape index (κ1) is 33.5. The van der Waals surface area contributed by atoms with E-state index in [9.17, 15) is 22.8 Å². The van der Waals surface area contributed by atoms with E-state index in [1.165, 1.54) is 0 Å². The predicted octanol–water partition coefficient (Wildman–Crippen LogP) is 6.48. The van der Waals surface area contributed by atoms with Crippen molar-refractivity contribution >= 4 is 17.4 Å². The number of allylic oxidation sites excluding steroid dienone is 4. The number of benzene rings is 1. The van der Waals surface area contributed by atoms with Crippen LogP contribution >= 0.6 is 0 Å². The maximum Gasteiger partial charge on any atom is 0.405 e.